The first kappa shape index (κ1) is 16.0. The highest BCUT2D eigenvalue weighted by Gasteiger charge is 2.10. The summed E-state index contributed by atoms with van der Waals surface area (Å²) in [6.45, 7) is 0. The average Bonchev–Trinajstić information content (AvgIpc) is 2.69. The van der Waals surface area contributed by atoms with E-state index in [-0.39, 0.29) is 5.91 Å². The average molecular weight is 339 g/mol. The van der Waals surface area contributed by atoms with E-state index in [1.54, 1.807) is 18.6 Å². The van der Waals surface area contributed by atoms with Crippen LogP contribution in [0.1, 0.15) is 5.56 Å². The highest BCUT2D eigenvalue weighted by Crippen LogP contribution is 2.24. The normalized spacial score (nSPS) is 10.6. The third kappa shape index (κ3) is 3.44. The van der Waals surface area contributed by atoms with Crippen LogP contribution in [0.25, 0.3) is 22.0 Å². The lowest BCUT2D eigenvalue weighted by atomic mass is 10.0. The molecule has 1 N–H and O–H groups in total. The molecule has 0 aliphatic rings. The molecule has 2 aromatic heterocycles. The zero-order chi connectivity index (χ0) is 17.8. The SMILES string of the molecule is O=C(Cc1ccc2ccccc2c1)Nc1cccnc1-c1cccnc1. The highest BCUT2D eigenvalue weighted by atomic mass is 16.1. The van der Waals surface area contributed by atoms with Crippen LogP contribution in [-0.4, -0.2) is 15.9 Å². The molecule has 0 bridgehead atoms. The maximum Gasteiger partial charge on any atom is 0.228 e. The predicted octanol–water partition coefficient (Wildman–Crippen LogP) is 4.48. The first-order valence-electron chi connectivity index (χ1n) is 8.42. The molecule has 0 atom stereocenters. The molecule has 26 heavy (non-hydrogen) atoms. The molecule has 0 spiro atoms. The Morgan fingerprint density at radius 2 is 1.73 bits per heavy atom. The molecule has 2 aromatic carbocycles. The number of hydrogen-bond acceptors (Lipinski definition) is 3. The molecule has 2 heterocycles. The second kappa shape index (κ2) is 7.15. The minimum atomic E-state index is -0.0709. The summed E-state index contributed by atoms with van der Waals surface area (Å²) in [7, 11) is 0. The van der Waals surface area contributed by atoms with Crippen LogP contribution >= 0.6 is 0 Å². The van der Waals surface area contributed by atoms with E-state index in [2.05, 4.69) is 33.5 Å². The van der Waals surface area contributed by atoms with Crippen LogP contribution in [0.2, 0.25) is 0 Å². The van der Waals surface area contributed by atoms with Crippen molar-refractivity contribution in [3.05, 3.63) is 90.9 Å². The Hall–Kier alpha value is -3.53. The molecule has 0 aliphatic carbocycles. The quantitative estimate of drug-likeness (QED) is 0.596. The van der Waals surface area contributed by atoms with Gasteiger partial charge in [-0.05, 0) is 40.6 Å². The van der Waals surface area contributed by atoms with Crippen molar-refractivity contribution in [1.29, 1.82) is 0 Å². The molecule has 4 aromatic rings. The summed E-state index contributed by atoms with van der Waals surface area (Å²) in [4.78, 5) is 21.1. The van der Waals surface area contributed by atoms with E-state index in [1.807, 2.05) is 48.5 Å². The highest BCUT2D eigenvalue weighted by molar-refractivity contribution is 5.96. The Morgan fingerprint density at radius 1 is 0.885 bits per heavy atom. The molecule has 0 fully saturated rings. The van der Waals surface area contributed by atoms with Crippen LogP contribution < -0.4 is 5.32 Å². The van der Waals surface area contributed by atoms with E-state index >= 15 is 0 Å². The Labute approximate surface area is 151 Å². The number of hydrogen-bond donors (Lipinski definition) is 1. The lowest BCUT2D eigenvalue weighted by Crippen LogP contribution is -2.15. The number of aromatic nitrogens is 2. The van der Waals surface area contributed by atoms with Crippen LogP contribution in [0, 0.1) is 0 Å². The molecule has 0 aliphatic heterocycles. The standard InChI is InChI=1S/C22H17N3O/c26-21(14-16-9-10-17-5-1-2-6-18(17)13-16)25-20-8-4-12-24-22(20)19-7-3-11-23-15-19/h1-13,15H,14H2,(H,25,26). The monoisotopic (exact) mass is 339 g/mol. The number of benzene rings is 2. The number of amides is 1. The van der Waals surface area contributed by atoms with Crippen LogP contribution in [0.5, 0.6) is 0 Å². The van der Waals surface area contributed by atoms with Crippen molar-refractivity contribution in [1.82, 2.24) is 9.97 Å². The second-order valence-corrected chi connectivity index (χ2v) is 6.05. The van der Waals surface area contributed by atoms with Crippen LogP contribution in [0.3, 0.4) is 0 Å². The third-order valence-electron chi connectivity index (χ3n) is 4.20. The number of nitrogens with one attached hydrogen (secondary N) is 1. The molecular weight excluding hydrogens is 322 g/mol. The first-order chi connectivity index (χ1) is 12.8. The van der Waals surface area contributed by atoms with E-state index in [9.17, 15) is 4.79 Å². The van der Waals surface area contributed by atoms with Crippen LogP contribution in [0.4, 0.5) is 5.69 Å². The molecule has 0 saturated heterocycles. The zero-order valence-electron chi connectivity index (χ0n) is 14.1. The molecule has 1 amide bonds. The van der Waals surface area contributed by atoms with Crippen molar-refractivity contribution < 1.29 is 4.79 Å². The number of pyridine rings is 2. The smallest absolute Gasteiger partial charge is 0.228 e. The van der Waals surface area contributed by atoms with Gasteiger partial charge in [0.05, 0.1) is 17.8 Å². The summed E-state index contributed by atoms with van der Waals surface area (Å²) >= 11 is 0. The third-order valence-corrected chi connectivity index (χ3v) is 4.20. The fourth-order valence-corrected chi connectivity index (χ4v) is 2.97. The maximum atomic E-state index is 12.5. The van der Waals surface area contributed by atoms with Crippen LogP contribution in [-0.2, 0) is 11.2 Å². The molecule has 4 heteroatoms. The van der Waals surface area contributed by atoms with Gasteiger partial charge in [-0.2, -0.15) is 0 Å². The number of rotatable bonds is 4. The van der Waals surface area contributed by atoms with Gasteiger partial charge in [0, 0.05) is 24.2 Å². The number of fused-ring (bicyclic) bond motifs is 1. The van der Waals surface area contributed by atoms with Crippen LogP contribution in [0.15, 0.2) is 85.3 Å². The topological polar surface area (TPSA) is 54.9 Å². The van der Waals surface area contributed by atoms with Gasteiger partial charge < -0.3 is 5.32 Å². The summed E-state index contributed by atoms with van der Waals surface area (Å²) in [6.07, 6.45) is 5.47. The van der Waals surface area contributed by atoms with Gasteiger partial charge in [0.2, 0.25) is 5.91 Å². The van der Waals surface area contributed by atoms with Crippen molar-refractivity contribution in [2.45, 2.75) is 6.42 Å². The first-order valence-corrected chi connectivity index (χ1v) is 8.42. The summed E-state index contributed by atoms with van der Waals surface area (Å²) in [5.41, 5.74) is 3.25. The van der Waals surface area contributed by atoms with Crippen molar-refractivity contribution >= 4 is 22.4 Å². The minimum Gasteiger partial charge on any atom is -0.324 e. The van der Waals surface area contributed by atoms with Gasteiger partial charge in [0.25, 0.3) is 0 Å². The largest absolute Gasteiger partial charge is 0.324 e. The molecule has 4 nitrogen and oxygen atoms in total. The minimum absolute atomic E-state index is 0.0709. The number of carbonyl (C=O) groups is 1. The molecule has 126 valence electrons. The summed E-state index contributed by atoms with van der Waals surface area (Å²) in [6, 6.07) is 21.7. The molecule has 0 radical (unpaired) electrons. The fraction of sp³-hybridized carbons (Fsp3) is 0.0455. The molecule has 4 rings (SSSR count). The lowest BCUT2D eigenvalue weighted by Gasteiger charge is -2.10. The number of anilines is 1. The molecular formula is C22H17N3O. The Balaban J connectivity index is 1.55. The van der Waals surface area contributed by atoms with Gasteiger partial charge in [-0.25, -0.2) is 0 Å². The van der Waals surface area contributed by atoms with E-state index in [0.29, 0.717) is 17.8 Å². The molecule has 0 unspecified atom stereocenters. The zero-order valence-corrected chi connectivity index (χ0v) is 14.1. The van der Waals surface area contributed by atoms with Crippen molar-refractivity contribution in [3.8, 4) is 11.3 Å². The molecule has 0 saturated carbocycles. The second-order valence-electron chi connectivity index (χ2n) is 6.05. The Bertz CT molecular complexity index is 1060. The maximum absolute atomic E-state index is 12.5. The van der Waals surface area contributed by atoms with Crippen molar-refractivity contribution in [3.63, 3.8) is 0 Å². The van der Waals surface area contributed by atoms with E-state index in [0.717, 1.165) is 16.5 Å². The van der Waals surface area contributed by atoms with Gasteiger partial charge in [-0.15, -0.1) is 0 Å². The van der Waals surface area contributed by atoms with Gasteiger partial charge in [0.1, 0.15) is 0 Å². The number of carbonyl (C=O) groups excluding carboxylic acids is 1. The van der Waals surface area contributed by atoms with Gasteiger partial charge >= 0.3 is 0 Å². The van der Waals surface area contributed by atoms with Gasteiger partial charge in [-0.1, -0.05) is 42.5 Å². The van der Waals surface area contributed by atoms with E-state index < -0.39 is 0 Å². The van der Waals surface area contributed by atoms with E-state index in [1.165, 1.54) is 5.39 Å². The van der Waals surface area contributed by atoms with Gasteiger partial charge in [-0.3, -0.25) is 14.8 Å². The van der Waals surface area contributed by atoms with E-state index in [4.69, 9.17) is 0 Å². The Kier molecular flexibility index (Phi) is 4.39. The Morgan fingerprint density at radius 3 is 2.58 bits per heavy atom. The lowest BCUT2D eigenvalue weighted by molar-refractivity contribution is -0.115. The summed E-state index contributed by atoms with van der Waals surface area (Å²) < 4.78 is 0. The van der Waals surface area contributed by atoms with Crippen molar-refractivity contribution in [2.24, 2.45) is 0 Å². The number of nitrogens with zero attached hydrogens (tertiary/aromatic N) is 2. The summed E-state index contributed by atoms with van der Waals surface area (Å²) in [5, 5.41) is 5.28. The predicted molar refractivity (Wildman–Crippen MR) is 104 cm³/mol. The fourth-order valence-electron chi connectivity index (χ4n) is 2.97. The summed E-state index contributed by atoms with van der Waals surface area (Å²) in [5.74, 6) is -0.0709. The van der Waals surface area contributed by atoms with Crippen molar-refractivity contribution in [2.75, 3.05) is 5.32 Å². The van der Waals surface area contributed by atoms with Gasteiger partial charge in [0.15, 0.2) is 0 Å².